The molecule has 0 fully saturated rings. The first-order chi connectivity index (χ1) is 9.99. The van der Waals surface area contributed by atoms with Gasteiger partial charge in [0.05, 0.1) is 5.56 Å². The summed E-state index contributed by atoms with van der Waals surface area (Å²) in [5.74, 6) is 0.357. The predicted molar refractivity (Wildman–Crippen MR) is 75.2 cm³/mol. The lowest BCUT2D eigenvalue weighted by Gasteiger charge is -2.12. The molecule has 2 N–H and O–H groups in total. The molecule has 4 nitrogen and oxygen atoms in total. The SMILES string of the molecule is CNc1cc(C(F)(F)F)cc(NCCc2ccccn2)n1. The van der Waals surface area contributed by atoms with Gasteiger partial charge in [-0.1, -0.05) is 6.07 Å². The lowest BCUT2D eigenvalue weighted by molar-refractivity contribution is -0.137. The van der Waals surface area contributed by atoms with Crippen LogP contribution in [0.5, 0.6) is 0 Å². The second-order valence-electron chi connectivity index (χ2n) is 4.37. The second-order valence-corrected chi connectivity index (χ2v) is 4.37. The zero-order valence-electron chi connectivity index (χ0n) is 11.4. The Morgan fingerprint density at radius 3 is 2.52 bits per heavy atom. The zero-order valence-corrected chi connectivity index (χ0v) is 11.4. The molecular weight excluding hydrogens is 281 g/mol. The standard InChI is InChI=1S/C14H15F3N4/c1-18-12-8-10(14(15,16)17)9-13(21-12)20-7-5-11-4-2-3-6-19-11/h2-4,6,8-9H,5,7H2,1H3,(H2,18,20,21). The third-order valence-electron chi connectivity index (χ3n) is 2.82. The molecule has 0 spiro atoms. The first kappa shape index (κ1) is 15.1. The topological polar surface area (TPSA) is 49.8 Å². The van der Waals surface area contributed by atoms with Gasteiger partial charge in [0.15, 0.2) is 0 Å². The molecule has 2 heterocycles. The molecule has 0 amide bonds. The van der Waals surface area contributed by atoms with E-state index < -0.39 is 11.7 Å². The molecule has 0 aliphatic carbocycles. The van der Waals surface area contributed by atoms with Gasteiger partial charge in [0.2, 0.25) is 0 Å². The summed E-state index contributed by atoms with van der Waals surface area (Å²) in [7, 11) is 1.53. The molecule has 0 aliphatic heterocycles. The number of alkyl halides is 3. The van der Waals surface area contributed by atoms with Crippen LogP contribution < -0.4 is 10.6 Å². The van der Waals surface area contributed by atoms with E-state index >= 15 is 0 Å². The molecule has 0 saturated carbocycles. The van der Waals surface area contributed by atoms with E-state index in [9.17, 15) is 13.2 Å². The summed E-state index contributed by atoms with van der Waals surface area (Å²) in [6.07, 6.45) is -2.11. The highest BCUT2D eigenvalue weighted by Crippen LogP contribution is 2.31. The highest BCUT2D eigenvalue weighted by Gasteiger charge is 2.31. The van der Waals surface area contributed by atoms with Gasteiger partial charge in [0.25, 0.3) is 0 Å². The van der Waals surface area contributed by atoms with Gasteiger partial charge in [-0.3, -0.25) is 4.98 Å². The van der Waals surface area contributed by atoms with E-state index in [2.05, 4.69) is 20.6 Å². The maximum Gasteiger partial charge on any atom is 0.416 e. The summed E-state index contributed by atoms with van der Waals surface area (Å²) in [5.41, 5.74) is 0.132. The average Bonchev–Trinajstić information content (AvgIpc) is 2.47. The van der Waals surface area contributed by atoms with Crippen LogP contribution in [0.3, 0.4) is 0 Å². The summed E-state index contributed by atoms with van der Waals surface area (Å²) in [6, 6.07) is 7.51. The fourth-order valence-corrected chi connectivity index (χ4v) is 1.78. The van der Waals surface area contributed by atoms with Gasteiger partial charge in [-0.2, -0.15) is 13.2 Å². The van der Waals surface area contributed by atoms with E-state index in [0.29, 0.717) is 13.0 Å². The average molecular weight is 296 g/mol. The first-order valence-electron chi connectivity index (χ1n) is 6.40. The van der Waals surface area contributed by atoms with Gasteiger partial charge >= 0.3 is 6.18 Å². The molecule has 2 rings (SSSR count). The quantitative estimate of drug-likeness (QED) is 0.889. The Morgan fingerprint density at radius 1 is 1.14 bits per heavy atom. The summed E-state index contributed by atoms with van der Waals surface area (Å²) >= 11 is 0. The van der Waals surface area contributed by atoms with Crippen molar-refractivity contribution in [2.45, 2.75) is 12.6 Å². The molecule has 0 aromatic carbocycles. The molecular formula is C14H15F3N4. The van der Waals surface area contributed by atoms with Crippen molar-refractivity contribution in [2.24, 2.45) is 0 Å². The van der Waals surface area contributed by atoms with Gasteiger partial charge in [-0.15, -0.1) is 0 Å². The molecule has 2 aromatic heterocycles. The van der Waals surface area contributed by atoms with E-state index in [0.717, 1.165) is 17.8 Å². The molecule has 0 atom stereocenters. The van der Waals surface area contributed by atoms with E-state index in [1.165, 1.54) is 7.05 Å². The highest BCUT2D eigenvalue weighted by molar-refractivity contribution is 5.49. The fourth-order valence-electron chi connectivity index (χ4n) is 1.78. The molecule has 0 saturated heterocycles. The Balaban J connectivity index is 2.05. The van der Waals surface area contributed by atoms with Crippen molar-refractivity contribution >= 4 is 11.6 Å². The number of rotatable bonds is 5. The Kier molecular flexibility index (Phi) is 4.62. The molecule has 2 aromatic rings. The minimum atomic E-state index is -4.40. The van der Waals surface area contributed by atoms with Crippen LogP contribution in [-0.2, 0) is 12.6 Å². The number of halogens is 3. The second kappa shape index (κ2) is 6.43. The van der Waals surface area contributed by atoms with E-state index in [1.54, 1.807) is 6.20 Å². The van der Waals surface area contributed by atoms with Crippen LogP contribution in [-0.4, -0.2) is 23.6 Å². The largest absolute Gasteiger partial charge is 0.416 e. The van der Waals surface area contributed by atoms with Crippen LogP contribution in [0.25, 0.3) is 0 Å². The Morgan fingerprint density at radius 2 is 1.90 bits per heavy atom. The van der Waals surface area contributed by atoms with Crippen LogP contribution in [0, 0.1) is 0 Å². The predicted octanol–water partition coefficient (Wildman–Crippen LogP) is 3.19. The van der Waals surface area contributed by atoms with Crippen molar-refractivity contribution in [1.82, 2.24) is 9.97 Å². The molecule has 21 heavy (non-hydrogen) atoms. The third-order valence-corrected chi connectivity index (χ3v) is 2.82. The number of anilines is 2. The minimum absolute atomic E-state index is 0.171. The number of nitrogens with one attached hydrogen (secondary N) is 2. The van der Waals surface area contributed by atoms with Crippen LogP contribution >= 0.6 is 0 Å². The maximum atomic E-state index is 12.8. The fraction of sp³-hybridized carbons (Fsp3) is 0.286. The summed E-state index contributed by atoms with van der Waals surface area (Å²) in [6.45, 7) is 0.453. The van der Waals surface area contributed by atoms with E-state index in [-0.39, 0.29) is 11.6 Å². The molecule has 7 heteroatoms. The molecule has 0 radical (unpaired) electrons. The summed E-state index contributed by atoms with van der Waals surface area (Å²) in [4.78, 5) is 8.20. The number of aromatic nitrogens is 2. The van der Waals surface area contributed by atoms with Crippen LogP contribution in [0.1, 0.15) is 11.3 Å². The van der Waals surface area contributed by atoms with Crippen molar-refractivity contribution in [3.63, 3.8) is 0 Å². The highest BCUT2D eigenvalue weighted by atomic mass is 19.4. The van der Waals surface area contributed by atoms with Crippen molar-refractivity contribution in [3.8, 4) is 0 Å². The van der Waals surface area contributed by atoms with Gasteiger partial charge in [0.1, 0.15) is 11.6 Å². The van der Waals surface area contributed by atoms with Gasteiger partial charge in [-0.05, 0) is 24.3 Å². The van der Waals surface area contributed by atoms with Crippen molar-refractivity contribution in [2.75, 3.05) is 24.2 Å². The van der Waals surface area contributed by atoms with Crippen LogP contribution in [0.4, 0.5) is 24.8 Å². The first-order valence-corrected chi connectivity index (χ1v) is 6.40. The number of hydrogen-bond acceptors (Lipinski definition) is 4. The number of nitrogens with zero attached hydrogens (tertiary/aromatic N) is 2. The summed E-state index contributed by atoms with van der Waals surface area (Å²) in [5, 5.41) is 5.51. The Bertz CT molecular complexity index is 585. The Labute approximate surface area is 120 Å². The van der Waals surface area contributed by atoms with E-state index in [4.69, 9.17) is 0 Å². The smallest absolute Gasteiger partial charge is 0.373 e. The van der Waals surface area contributed by atoms with Gasteiger partial charge in [0, 0.05) is 31.9 Å². The molecule has 0 unspecified atom stereocenters. The summed E-state index contributed by atoms with van der Waals surface area (Å²) < 4.78 is 38.3. The normalized spacial score (nSPS) is 11.2. The van der Waals surface area contributed by atoms with Gasteiger partial charge in [-0.25, -0.2) is 4.98 Å². The lowest BCUT2D eigenvalue weighted by atomic mass is 10.2. The number of pyridine rings is 2. The molecule has 112 valence electrons. The molecule has 0 aliphatic rings. The van der Waals surface area contributed by atoms with Crippen molar-refractivity contribution in [3.05, 3.63) is 47.8 Å². The van der Waals surface area contributed by atoms with Crippen LogP contribution in [0.15, 0.2) is 36.5 Å². The number of hydrogen-bond donors (Lipinski definition) is 2. The van der Waals surface area contributed by atoms with Crippen molar-refractivity contribution < 1.29 is 13.2 Å². The maximum absolute atomic E-state index is 12.8. The van der Waals surface area contributed by atoms with Crippen LogP contribution in [0.2, 0.25) is 0 Å². The lowest BCUT2D eigenvalue weighted by Crippen LogP contribution is -2.11. The zero-order chi connectivity index (χ0) is 15.3. The minimum Gasteiger partial charge on any atom is -0.373 e. The van der Waals surface area contributed by atoms with Gasteiger partial charge < -0.3 is 10.6 Å². The van der Waals surface area contributed by atoms with E-state index in [1.807, 2.05) is 18.2 Å². The Hall–Kier alpha value is -2.31. The molecule has 0 bridgehead atoms. The van der Waals surface area contributed by atoms with Crippen molar-refractivity contribution in [1.29, 1.82) is 0 Å². The monoisotopic (exact) mass is 296 g/mol. The third kappa shape index (κ3) is 4.34.